The fourth-order valence-corrected chi connectivity index (χ4v) is 2.77. The van der Waals surface area contributed by atoms with E-state index in [1.165, 1.54) is 0 Å². The third-order valence-electron chi connectivity index (χ3n) is 3.70. The van der Waals surface area contributed by atoms with Gasteiger partial charge >= 0.3 is 0 Å². The van der Waals surface area contributed by atoms with Gasteiger partial charge in [-0.2, -0.15) is 0 Å². The lowest BCUT2D eigenvalue weighted by molar-refractivity contribution is 0.103. The third-order valence-corrected chi connectivity index (χ3v) is 3.70. The Balaban J connectivity index is 2.39. The van der Waals surface area contributed by atoms with Crippen molar-refractivity contribution in [3.8, 4) is 0 Å². The average molecular weight is 290 g/mol. The van der Waals surface area contributed by atoms with Crippen LogP contribution in [0.4, 0.5) is 0 Å². The Morgan fingerprint density at radius 3 is 1.59 bits per heavy atom. The molecule has 0 saturated carbocycles. The fraction of sp³-hybridized carbons (Fsp3) is 0.133. The van der Waals surface area contributed by atoms with Crippen LogP contribution >= 0.6 is 0 Å². The molecule has 0 heterocycles. The van der Waals surface area contributed by atoms with Crippen molar-refractivity contribution < 1.29 is 4.79 Å². The predicted octanol–water partition coefficient (Wildman–Crippen LogP) is 4.63. The zero-order valence-electron chi connectivity index (χ0n) is 11.4. The van der Waals surface area contributed by atoms with Crippen molar-refractivity contribution in [1.82, 2.24) is 0 Å². The molecule has 1 aliphatic rings. The number of hydrogen-bond acceptors (Lipinski definition) is 3. The first kappa shape index (κ1) is 13.7. The van der Waals surface area contributed by atoms with Crippen LogP contribution < -0.4 is 0 Å². The van der Waals surface area contributed by atoms with Gasteiger partial charge in [-0.1, -0.05) is 58.8 Å². The minimum Gasteiger partial charge on any atom is -0.289 e. The van der Waals surface area contributed by atoms with Gasteiger partial charge in [0, 0.05) is 21.0 Å². The van der Waals surface area contributed by atoms with E-state index in [9.17, 15) is 4.79 Å². The van der Waals surface area contributed by atoms with Crippen molar-refractivity contribution in [3.05, 3.63) is 91.7 Å². The van der Waals surface area contributed by atoms with Gasteiger partial charge in [0.15, 0.2) is 5.78 Å². The number of carbonyl (C=O) groups is 1. The number of carbonyl (C=O) groups excluding carboxylic acids is 1. The lowest BCUT2D eigenvalue weighted by atomic mass is 9.95. The molecule has 0 saturated heterocycles. The summed E-state index contributed by atoms with van der Waals surface area (Å²) in [5, 5.41) is 7.56. The van der Waals surface area contributed by atoms with Crippen molar-refractivity contribution in [2.45, 2.75) is 12.1 Å². The van der Waals surface area contributed by atoms with Crippen LogP contribution in [-0.2, 0) is 0 Å². The molecule has 0 N–H and O–H groups in total. The number of rotatable bonds is 2. The van der Waals surface area contributed by atoms with Gasteiger partial charge < -0.3 is 0 Å². The molecule has 2 unspecified atom stereocenters. The van der Waals surface area contributed by atoms with Crippen molar-refractivity contribution in [2.75, 3.05) is 0 Å². The highest BCUT2D eigenvalue weighted by Crippen LogP contribution is 2.42. The molecule has 7 heteroatoms. The summed E-state index contributed by atoms with van der Waals surface area (Å²) in [6.45, 7) is 0. The first-order valence-electron chi connectivity index (χ1n) is 6.59. The maximum Gasteiger partial charge on any atom is 0.193 e. The lowest BCUT2D eigenvalue weighted by Gasteiger charge is -2.19. The number of fused-ring (bicyclic) bond motifs is 2. The van der Waals surface area contributed by atoms with Crippen LogP contribution in [0.15, 0.2) is 58.8 Å². The molecule has 0 bridgehead atoms. The fourth-order valence-electron chi connectivity index (χ4n) is 2.77. The SMILES string of the molecule is [N-]=[N+]=NC1c2ccccc2C(=O)c2ccccc2C1N=[N+]=[N-]. The summed E-state index contributed by atoms with van der Waals surface area (Å²) in [5.74, 6) is -0.167. The van der Waals surface area contributed by atoms with E-state index < -0.39 is 12.1 Å². The number of azide groups is 2. The third kappa shape index (κ3) is 2.07. The van der Waals surface area contributed by atoms with Crippen LogP contribution in [-0.4, -0.2) is 5.78 Å². The molecule has 106 valence electrons. The minimum atomic E-state index is -0.760. The van der Waals surface area contributed by atoms with Crippen molar-refractivity contribution in [1.29, 1.82) is 0 Å². The van der Waals surface area contributed by atoms with E-state index in [4.69, 9.17) is 11.1 Å². The highest BCUT2D eigenvalue weighted by molar-refractivity contribution is 6.11. The van der Waals surface area contributed by atoms with E-state index in [-0.39, 0.29) is 5.78 Å². The molecule has 2 aromatic carbocycles. The second kappa shape index (κ2) is 5.61. The van der Waals surface area contributed by atoms with Gasteiger partial charge in [0.05, 0.1) is 12.1 Å². The molecule has 2 aromatic rings. The Hall–Kier alpha value is -3.27. The quantitative estimate of drug-likeness (QED) is 0.447. The second-order valence-corrected chi connectivity index (χ2v) is 4.80. The first-order valence-corrected chi connectivity index (χ1v) is 6.59. The molecular weight excluding hydrogens is 280 g/mol. The van der Waals surface area contributed by atoms with Crippen LogP contribution in [0, 0.1) is 0 Å². The largest absolute Gasteiger partial charge is 0.289 e. The molecule has 0 fully saturated rings. The van der Waals surface area contributed by atoms with Gasteiger partial charge in [-0.25, -0.2) is 0 Å². The average Bonchev–Trinajstić information content (AvgIpc) is 2.66. The van der Waals surface area contributed by atoms with Gasteiger partial charge in [-0.15, -0.1) is 0 Å². The molecule has 0 amide bonds. The predicted molar refractivity (Wildman–Crippen MR) is 80.1 cm³/mol. The topological polar surface area (TPSA) is 115 Å². The maximum absolute atomic E-state index is 12.8. The van der Waals surface area contributed by atoms with Crippen LogP contribution in [0.1, 0.15) is 39.1 Å². The number of nitrogens with zero attached hydrogens (tertiary/aromatic N) is 6. The Kier molecular flexibility index (Phi) is 3.50. The minimum absolute atomic E-state index is 0.167. The highest BCUT2D eigenvalue weighted by Gasteiger charge is 2.33. The van der Waals surface area contributed by atoms with Gasteiger partial charge in [-0.05, 0) is 22.2 Å². The Morgan fingerprint density at radius 1 is 0.773 bits per heavy atom. The normalized spacial score (nSPS) is 19.0. The molecule has 0 aliphatic heterocycles. The summed E-state index contributed by atoms with van der Waals surface area (Å²) in [6, 6.07) is 12.3. The Labute approximate surface area is 125 Å². The van der Waals surface area contributed by atoms with Crippen molar-refractivity contribution in [2.24, 2.45) is 10.2 Å². The van der Waals surface area contributed by atoms with E-state index in [1.54, 1.807) is 48.5 Å². The summed E-state index contributed by atoms with van der Waals surface area (Å²) in [7, 11) is 0. The van der Waals surface area contributed by atoms with E-state index in [1.807, 2.05) is 0 Å². The molecule has 0 aromatic heterocycles. The summed E-state index contributed by atoms with van der Waals surface area (Å²) >= 11 is 0. The zero-order chi connectivity index (χ0) is 15.5. The first-order chi connectivity index (χ1) is 10.8. The zero-order valence-corrected chi connectivity index (χ0v) is 11.4. The molecule has 3 rings (SSSR count). The van der Waals surface area contributed by atoms with Gasteiger partial charge in [0.1, 0.15) is 0 Å². The van der Waals surface area contributed by atoms with Crippen LogP contribution in [0.2, 0.25) is 0 Å². The number of benzene rings is 2. The number of ketones is 1. The molecule has 0 radical (unpaired) electrons. The van der Waals surface area contributed by atoms with Crippen molar-refractivity contribution >= 4 is 5.78 Å². The monoisotopic (exact) mass is 290 g/mol. The summed E-state index contributed by atoms with van der Waals surface area (Å²) in [6.07, 6.45) is 0. The van der Waals surface area contributed by atoms with Gasteiger partial charge in [0.25, 0.3) is 0 Å². The smallest absolute Gasteiger partial charge is 0.193 e. The Bertz CT molecular complexity index is 779. The molecule has 0 spiro atoms. The molecule has 2 atom stereocenters. The van der Waals surface area contributed by atoms with Crippen LogP contribution in [0.5, 0.6) is 0 Å². The molecular formula is C15H10N6O. The second-order valence-electron chi connectivity index (χ2n) is 4.80. The van der Waals surface area contributed by atoms with E-state index in [2.05, 4.69) is 20.1 Å². The van der Waals surface area contributed by atoms with Crippen molar-refractivity contribution in [3.63, 3.8) is 0 Å². The van der Waals surface area contributed by atoms with E-state index in [0.717, 1.165) is 0 Å². The molecule has 22 heavy (non-hydrogen) atoms. The highest BCUT2D eigenvalue weighted by atomic mass is 16.1. The molecule has 1 aliphatic carbocycles. The van der Waals surface area contributed by atoms with E-state index >= 15 is 0 Å². The summed E-state index contributed by atoms with van der Waals surface area (Å²) < 4.78 is 0. The van der Waals surface area contributed by atoms with E-state index in [0.29, 0.717) is 22.3 Å². The lowest BCUT2D eigenvalue weighted by Crippen LogP contribution is -2.06. The maximum atomic E-state index is 12.8. The standard InChI is InChI=1S/C15H10N6O/c16-20-18-13-9-5-1-3-7-11(9)15(22)12-8-4-2-6-10(12)14(13)19-21-17/h1-8,13-14H. The van der Waals surface area contributed by atoms with Gasteiger partial charge in [-0.3, -0.25) is 4.79 Å². The van der Waals surface area contributed by atoms with Gasteiger partial charge in [0.2, 0.25) is 0 Å². The molecule has 7 nitrogen and oxygen atoms in total. The van der Waals surface area contributed by atoms with Crippen LogP contribution in [0.3, 0.4) is 0 Å². The Morgan fingerprint density at radius 2 is 1.18 bits per heavy atom. The number of hydrogen-bond donors (Lipinski definition) is 0. The summed E-state index contributed by atoms with van der Waals surface area (Å²) in [5.41, 5.74) is 19.8. The summed E-state index contributed by atoms with van der Waals surface area (Å²) in [4.78, 5) is 18.5. The van der Waals surface area contributed by atoms with Crippen LogP contribution in [0.25, 0.3) is 20.9 Å².